The number of carbonyl (C=O) groups excluding carboxylic acids is 1. The molecule has 2 aromatic rings. The number of benzene rings is 1. The summed E-state index contributed by atoms with van der Waals surface area (Å²) < 4.78 is 25.7. The zero-order valence-electron chi connectivity index (χ0n) is 10.0. The summed E-state index contributed by atoms with van der Waals surface area (Å²) in [7, 11) is 0. The van der Waals surface area contributed by atoms with E-state index in [0.717, 1.165) is 29.5 Å². The molecule has 0 aliphatic heterocycles. The van der Waals surface area contributed by atoms with E-state index in [-0.39, 0.29) is 11.7 Å². The minimum Gasteiger partial charge on any atom is -0.310 e. The van der Waals surface area contributed by atoms with Crippen molar-refractivity contribution < 1.29 is 13.6 Å². The number of halogens is 2. The molecule has 2 rings (SSSR count). The third-order valence-electron chi connectivity index (χ3n) is 2.35. The van der Waals surface area contributed by atoms with Crippen molar-refractivity contribution in [2.24, 2.45) is 0 Å². The first-order chi connectivity index (χ1) is 9.06. The highest BCUT2D eigenvalue weighted by molar-refractivity contribution is 8.00. The molecule has 0 saturated heterocycles. The number of anilines is 1. The predicted molar refractivity (Wildman–Crippen MR) is 69.0 cm³/mol. The first-order valence-electron chi connectivity index (χ1n) is 5.44. The number of amides is 1. The lowest BCUT2D eigenvalue weighted by Crippen LogP contribution is -2.15. The summed E-state index contributed by atoms with van der Waals surface area (Å²) in [6.07, 6.45) is 1.60. The minimum atomic E-state index is -0.921. The van der Waals surface area contributed by atoms with Crippen LogP contribution in [0.4, 0.5) is 14.6 Å². The van der Waals surface area contributed by atoms with Gasteiger partial charge in [-0.1, -0.05) is 0 Å². The summed E-state index contributed by atoms with van der Waals surface area (Å²) in [5, 5.41) is 9.07. The fourth-order valence-electron chi connectivity index (χ4n) is 1.36. The Morgan fingerprint density at radius 3 is 2.84 bits per heavy atom. The second-order valence-electron chi connectivity index (χ2n) is 3.84. The number of hydrogen-bond acceptors (Lipinski definition) is 3. The SMILES string of the molecule is Cc1cn[nH]c1NC(=O)CSc1ccc(F)c(F)c1. The number of H-pyrrole nitrogens is 1. The topological polar surface area (TPSA) is 57.8 Å². The van der Waals surface area contributed by atoms with Gasteiger partial charge < -0.3 is 5.32 Å². The monoisotopic (exact) mass is 283 g/mol. The van der Waals surface area contributed by atoms with Gasteiger partial charge in [-0.2, -0.15) is 5.10 Å². The van der Waals surface area contributed by atoms with Gasteiger partial charge in [0.1, 0.15) is 5.82 Å². The molecule has 0 fully saturated rings. The van der Waals surface area contributed by atoms with E-state index in [1.165, 1.54) is 6.07 Å². The lowest BCUT2D eigenvalue weighted by molar-refractivity contribution is -0.113. The van der Waals surface area contributed by atoms with Gasteiger partial charge in [0.25, 0.3) is 0 Å². The predicted octanol–water partition coefficient (Wildman–Crippen LogP) is 2.73. The van der Waals surface area contributed by atoms with Crippen LogP contribution in [0.15, 0.2) is 29.3 Å². The van der Waals surface area contributed by atoms with Crippen molar-refractivity contribution in [3.8, 4) is 0 Å². The Morgan fingerprint density at radius 2 is 2.21 bits per heavy atom. The van der Waals surface area contributed by atoms with Crippen molar-refractivity contribution in [2.45, 2.75) is 11.8 Å². The number of rotatable bonds is 4. The van der Waals surface area contributed by atoms with Crippen molar-refractivity contribution >= 4 is 23.5 Å². The molecule has 1 aromatic carbocycles. The maximum Gasteiger partial charge on any atom is 0.235 e. The van der Waals surface area contributed by atoms with Crippen LogP contribution in [0.1, 0.15) is 5.56 Å². The smallest absolute Gasteiger partial charge is 0.235 e. The van der Waals surface area contributed by atoms with Crippen molar-refractivity contribution in [2.75, 3.05) is 11.1 Å². The molecule has 1 amide bonds. The van der Waals surface area contributed by atoms with Gasteiger partial charge in [-0.3, -0.25) is 9.89 Å². The number of nitrogens with one attached hydrogen (secondary N) is 2. The molecule has 0 atom stereocenters. The molecule has 0 aliphatic carbocycles. The molecule has 0 bridgehead atoms. The summed E-state index contributed by atoms with van der Waals surface area (Å²) in [4.78, 5) is 12.1. The van der Waals surface area contributed by atoms with E-state index < -0.39 is 11.6 Å². The second-order valence-corrected chi connectivity index (χ2v) is 4.89. The fourth-order valence-corrected chi connectivity index (χ4v) is 2.08. The van der Waals surface area contributed by atoms with Crippen LogP contribution < -0.4 is 5.32 Å². The number of aromatic nitrogens is 2. The van der Waals surface area contributed by atoms with E-state index in [2.05, 4.69) is 15.5 Å². The molecule has 2 N–H and O–H groups in total. The molecule has 7 heteroatoms. The standard InChI is InChI=1S/C12H11F2N3OS/c1-7-5-15-17-12(7)16-11(18)6-19-8-2-3-9(13)10(14)4-8/h2-5H,6H2,1H3,(H2,15,16,17,18). The lowest BCUT2D eigenvalue weighted by atomic mass is 10.3. The van der Waals surface area contributed by atoms with Crippen LogP contribution >= 0.6 is 11.8 Å². The van der Waals surface area contributed by atoms with Crippen LogP contribution in [0.5, 0.6) is 0 Å². The highest BCUT2D eigenvalue weighted by Gasteiger charge is 2.08. The Hall–Kier alpha value is -1.89. The Balaban J connectivity index is 1.90. The van der Waals surface area contributed by atoms with Crippen LogP contribution in [-0.2, 0) is 4.79 Å². The van der Waals surface area contributed by atoms with Gasteiger partial charge in [0, 0.05) is 10.5 Å². The molecule has 0 aliphatic rings. The van der Waals surface area contributed by atoms with Gasteiger partial charge in [0.05, 0.1) is 11.9 Å². The lowest BCUT2D eigenvalue weighted by Gasteiger charge is -2.04. The largest absolute Gasteiger partial charge is 0.310 e. The maximum atomic E-state index is 13.0. The zero-order chi connectivity index (χ0) is 13.8. The summed E-state index contributed by atoms with van der Waals surface area (Å²) in [5.41, 5.74) is 0.825. The van der Waals surface area contributed by atoms with Gasteiger partial charge in [0.15, 0.2) is 11.6 Å². The van der Waals surface area contributed by atoms with Gasteiger partial charge >= 0.3 is 0 Å². The molecule has 4 nitrogen and oxygen atoms in total. The molecule has 1 heterocycles. The Morgan fingerprint density at radius 1 is 1.42 bits per heavy atom. The average Bonchev–Trinajstić information content (AvgIpc) is 2.77. The Labute approximate surface area is 112 Å². The van der Waals surface area contributed by atoms with E-state index in [4.69, 9.17) is 0 Å². The minimum absolute atomic E-state index is 0.101. The molecular formula is C12H11F2N3OS. The van der Waals surface area contributed by atoms with Crippen LogP contribution in [-0.4, -0.2) is 21.9 Å². The first kappa shape index (κ1) is 13.5. The van der Waals surface area contributed by atoms with Crippen molar-refractivity contribution in [1.29, 1.82) is 0 Å². The summed E-state index contributed by atoms with van der Waals surface area (Å²) >= 11 is 1.13. The molecular weight excluding hydrogens is 272 g/mol. The summed E-state index contributed by atoms with van der Waals surface area (Å²) in [6, 6.07) is 3.53. The van der Waals surface area contributed by atoms with Crippen LogP contribution in [0.25, 0.3) is 0 Å². The Kier molecular flexibility index (Phi) is 4.16. The molecule has 100 valence electrons. The van der Waals surface area contributed by atoms with Gasteiger partial charge in [0.2, 0.25) is 5.91 Å². The summed E-state index contributed by atoms with van der Waals surface area (Å²) in [5.74, 6) is -1.43. The molecule has 19 heavy (non-hydrogen) atoms. The van der Waals surface area contributed by atoms with Crippen molar-refractivity contribution in [3.05, 3.63) is 41.6 Å². The molecule has 0 saturated carbocycles. The highest BCUT2D eigenvalue weighted by atomic mass is 32.2. The quantitative estimate of drug-likeness (QED) is 0.848. The molecule has 0 radical (unpaired) electrons. The molecule has 0 spiro atoms. The fraction of sp³-hybridized carbons (Fsp3) is 0.167. The zero-order valence-corrected chi connectivity index (χ0v) is 10.9. The van der Waals surface area contributed by atoms with Crippen molar-refractivity contribution in [3.63, 3.8) is 0 Å². The van der Waals surface area contributed by atoms with Gasteiger partial charge in [-0.05, 0) is 25.1 Å². The van der Waals surface area contributed by atoms with Crippen LogP contribution in [0.3, 0.4) is 0 Å². The Bertz CT molecular complexity index is 600. The number of hydrogen-bond donors (Lipinski definition) is 2. The van der Waals surface area contributed by atoms with E-state index in [9.17, 15) is 13.6 Å². The second kappa shape index (κ2) is 5.83. The van der Waals surface area contributed by atoms with Crippen LogP contribution in [0, 0.1) is 18.6 Å². The van der Waals surface area contributed by atoms with Gasteiger partial charge in [-0.25, -0.2) is 8.78 Å². The highest BCUT2D eigenvalue weighted by Crippen LogP contribution is 2.20. The number of carbonyl (C=O) groups is 1. The third kappa shape index (κ3) is 3.54. The van der Waals surface area contributed by atoms with E-state index >= 15 is 0 Å². The average molecular weight is 283 g/mol. The molecule has 1 aromatic heterocycles. The van der Waals surface area contributed by atoms with E-state index in [1.54, 1.807) is 6.20 Å². The normalized spacial score (nSPS) is 10.5. The van der Waals surface area contributed by atoms with Gasteiger partial charge in [-0.15, -0.1) is 11.8 Å². The summed E-state index contributed by atoms with van der Waals surface area (Å²) in [6.45, 7) is 1.81. The first-order valence-corrected chi connectivity index (χ1v) is 6.42. The van der Waals surface area contributed by atoms with Crippen LogP contribution in [0.2, 0.25) is 0 Å². The van der Waals surface area contributed by atoms with Crippen molar-refractivity contribution in [1.82, 2.24) is 10.2 Å². The maximum absolute atomic E-state index is 13.0. The number of aryl methyl sites for hydroxylation is 1. The number of aromatic amines is 1. The van der Waals surface area contributed by atoms with E-state index in [0.29, 0.717) is 10.7 Å². The number of thioether (sulfide) groups is 1. The number of nitrogens with zero attached hydrogens (tertiary/aromatic N) is 1. The molecule has 0 unspecified atom stereocenters. The van der Waals surface area contributed by atoms with E-state index in [1.807, 2.05) is 6.92 Å². The third-order valence-corrected chi connectivity index (χ3v) is 3.35.